The first-order valence-electron chi connectivity index (χ1n) is 6.20. The molecule has 0 aliphatic heterocycles. The van der Waals surface area contributed by atoms with Gasteiger partial charge in [-0.1, -0.05) is 0 Å². The molecule has 2 aromatic rings. The van der Waals surface area contributed by atoms with Crippen LogP contribution in [0, 0.1) is 20.8 Å². The van der Waals surface area contributed by atoms with Crippen LogP contribution in [-0.4, -0.2) is 22.3 Å². The molecule has 0 saturated carbocycles. The normalized spacial score (nSPS) is 11.3. The van der Waals surface area contributed by atoms with E-state index in [0.29, 0.717) is 0 Å². The van der Waals surface area contributed by atoms with Gasteiger partial charge in [-0.3, -0.25) is 0 Å². The second kappa shape index (κ2) is 5.99. The molecule has 2 heterocycles. The Balaban J connectivity index is 2.30. The molecule has 98 valence electrons. The van der Waals surface area contributed by atoms with E-state index in [0.717, 1.165) is 40.8 Å². The number of nitrogens with zero attached hydrogens (tertiary/aromatic N) is 2. The number of hydrogen-bond donors (Lipinski definition) is 1. The Bertz CT molecular complexity index is 549. The van der Waals surface area contributed by atoms with E-state index in [9.17, 15) is 0 Å². The summed E-state index contributed by atoms with van der Waals surface area (Å²) < 4.78 is 0. The molecule has 5 heteroatoms. The third-order valence-electron chi connectivity index (χ3n) is 2.94. The van der Waals surface area contributed by atoms with Crippen molar-refractivity contribution in [1.29, 1.82) is 0 Å². The minimum Gasteiger partial charge on any atom is -0.330 e. The summed E-state index contributed by atoms with van der Waals surface area (Å²) in [6.07, 6.45) is 2.23. The molecule has 2 N–H and O–H groups in total. The predicted molar refractivity (Wildman–Crippen MR) is 80.6 cm³/mol. The molecule has 0 aromatic carbocycles. The third-order valence-corrected chi connectivity index (χ3v) is 5.11. The van der Waals surface area contributed by atoms with E-state index >= 15 is 0 Å². The summed E-state index contributed by atoms with van der Waals surface area (Å²) in [7, 11) is 0. The fourth-order valence-electron chi connectivity index (χ4n) is 1.83. The zero-order chi connectivity index (χ0) is 13.1. The molecule has 0 fully saturated rings. The third kappa shape index (κ3) is 2.84. The lowest BCUT2D eigenvalue weighted by Gasteiger charge is -2.04. The molecule has 3 nitrogen and oxygen atoms in total. The van der Waals surface area contributed by atoms with Crippen LogP contribution in [0.1, 0.15) is 29.1 Å². The first-order valence-corrected chi connectivity index (χ1v) is 8.01. The monoisotopic (exact) mass is 281 g/mol. The first-order chi connectivity index (χ1) is 8.63. The van der Waals surface area contributed by atoms with Crippen molar-refractivity contribution in [2.45, 2.75) is 38.6 Å². The first kappa shape index (κ1) is 13.8. The Hall–Kier alpha value is -0.650. The van der Waals surface area contributed by atoms with Crippen LogP contribution in [0.3, 0.4) is 0 Å². The van der Waals surface area contributed by atoms with Crippen LogP contribution in [0.5, 0.6) is 0 Å². The number of thioether (sulfide) groups is 1. The van der Waals surface area contributed by atoms with E-state index in [-0.39, 0.29) is 0 Å². The van der Waals surface area contributed by atoms with Gasteiger partial charge in [-0.15, -0.1) is 23.1 Å². The highest BCUT2D eigenvalue weighted by atomic mass is 32.2. The fourth-order valence-corrected chi connectivity index (χ4v) is 4.11. The van der Waals surface area contributed by atoms with Gasteiger partial charge in [0.05, 0.1) is 0 Å². The van der Waals surface area contributed by atoms with Crippen LogP contribution in [-0.2, 0) is 0 Å². The van der Waals surface area contributed by atoms with Gasteiger partial charge in [0, 0.05) is 10.3 Å². The van der Waals surface area contributed by atoms with E-state index in [1.54, 1.807) is 11.3 Å². The number of nitrogens with two attached hydrogens (primary N) is 1. The molecule has 0 aliphatic rings. The number of hydrogen-bond acceptors (Lipinski definition) is 5. The van der Waals surface area contributed by atoms with Gasteiger partial charge in [0.15, 0.2) is 0 Å². The molecule has 0 unspecified atom stereocenters. The van der Waals surface area contributed by atoms with Crippen molar-refractivity contribution in [3.63, 3.8) is 0 Å². The van der Waals surface area contributed by atoms with Gasteiger partial charge in [0.1, 0.15) is 15.7 Å². The predicted octanol–water partition coefficient (Wildman–Crippen LogP) is 3.45. The second-order valence-electron chi connectivity index (χ2n) is 4.38. The highest BCUT2D eigenvalue weighted by Gasteiger charge is 2.13. The molecule has 0 amide bonds. The molecule has 0 bridgehead atoms. The van der Waals surface area contributed by atoms with E-state index in [2.05, 4.69) is 23.8 Å². The van der Waals surface area contributed by atoms with Crippen LogP contribution in [0.25, 0.3) is 10.2 Å². The van der Waals surface area contributed by atoms with Crippen molar-refractivity contribution in [3.05, 3.63) is 16.3 Å². The van der Waals surface area contributed by atoms with Gasteiger partial charge in [-0.25, -0.2) is 9.97 Å². The SMILES string of the molecule is Cc1nc(SCCCCN)c2c(C)c(C)sc2n1. The average Bonchev–Trinajstić information content (AvgIpc) is 2.60. The largest absolute Gasteiger partial charge is 0.330 e. The van der Waals surface area contributed by atoms with Crippen LogP contribution in [0.15, 0.2) is 5.03 Å². The zero-order valence-electron chi connectivity index (χ0n) is 11.1. The van der Waals surface area contributed by atoms with E-state index < -0.39 is 0 Å². The molecule has 0 spiro atoms. The molecular formula is C13H19N3S2. The maximum Gasteiger partial charge on any atom is 0.128 e. The lowest BCUT2D eigenvalue weighted by molar-refractivity contribution is 0.814. The lowest BCUT2D eigenvalue weighted by atomic mass is 10.2. The summed E-state index contributed by atoms with van der Waals surface area (Å²) in [6, 6.07) is 0. The summed E-state index contributed by atoms with van der Waals surface area (Å²) in [4.78, 5) is 11.6. The van der Waals surface area contributed by atoms with E-state index in [1.807, 2.05) is 18.7 Å². The number of aryl methyl sites for hydroxylation is 3. The average molecular weight is 281 g/mol. The zero-order valence-corrected chi connectivity index (χ0v) is 12.7. The Morgan fingerprint density at radius 1 is 1.17 bits per heavy atom. The Morgan fingerprint density at radius 2 is 1.94 bits per heavy atom. The molecule has 18 heavy (non-hydrogen) atoms. The van der Waals surface area contributed by atoms with Crippen LogP contribution >= 0.6 is 23.1 Å². The minimum atomic E-state index is 0.773. The molecular weight excluding hydrogens is 262 g/mol. The van der Waals surface area contributed by atoms with E-state index in [4.69, 9.17) is 5.73 Å². The molecule has 2 aromatic heterocycles. The summed E-state index contributed by atoms with van der Waals surface area (Å²) >= 11 is 3.60. The number of unbranched alkanes of at least 4 members (excludes halogenated alkanes) is 1. The molecule has 0 atom stereocenters. The number of fused-ring (bicyclic) bond motifs is 1. The van der Waals surface area contributed by atoms with Crippen LogP contribution < -0.4 is 5.73 Å². The van der Waals surface area contributed by atoms with E-state index in [1.165, 1.54) is 15.8 Å². The number of thiophene rings is 1. The van der Waals surface area contributed by atoms with Gasteiger partial charge in [-0.05, 0) is 51.5 Å². The van der Waals surface area contributed by atoms with Crippen LogP contribution in [0.4, 0.5) is 0 Å². The molecule has 0 saturated heterocycles. The van der Waals surface area contributed by atoms with Crippen molar-refractivity contribution >= 4 is 33.3 Å². The van der Waals surface area contributed by atoms with Crippen molar-refractivity contribution < 1.29 is 0 Å². The topological polar surface area (TPSA) is 51.8 Å². The Labute approximate surface area is 116 Å². The fraction of sp³-hybridized carbons (Fsp3) is 0.538. The summed E-state index contributed by atoms with van der Waals surface area (Å²) in [5.41, 5.74) is 6.85. The van der Waals surface area contributed by atoms with Gasteiger partial charge >= 0.3 is 0 Å². The van der Waals surface area contributed by atoms with Crippen molar-refractivity contribution in [1.82, 2.24) is 9.97 Å². The summed E-state index contributed by atoms with van der Waals surface area (Å²) in [5.74, 6) is 1.95. The summed E-state index contributed by atoms with van der Waals surface area (Å²) in [5, 5.41) is 2.39. The second-order valence-corrected chi connectivity index (χ2v) is 6.67. The van der Waals surface area contributed by atoms with Gasteiger partial charge in [0.25, 0.3) is 0 Å². The quantitative estimate of drug-likeness (QED) is 0.518. The van der Waals surface area contributed by atoms with Crippen molar-refractivity contribution in [3.8, 4) is 0 Å². The maximum absolute atomic E-state index is 5.52. The van der Waals surface area contributed by atoms with Gasteiger partial charge in [-0.2, -0.15) is 0 Å². The lowest BCUT2D eigenvalue weighted by Crippen LogP contribution is -1.99. The van der Waals surface area contributed by atoms with Crippen molar-refractivity contribution in [2.24, 2.45) is 5.73 Å². The van der Waals surface area contributed by atoms with Gasteiger partial charge < -0.3 is 5.73 Å². The number of aromatic nitrogens is 2. The van der Waals surface area contributed by atoms with Crippen LogP contribution in [0.2, 0.25) is 0 Å². The minimum absolute atomic E-state index is 0.773. The Morgan fingerprint density at radius 3 is 2.67 bits per heavy atom. The molecule has 0 aliphatic carbocycles. The standard InChI is InChI=1S/C13H19N3S2/c1-8-9(2)18-13-11(8)12(15-10(3)16-13)17-7-5-4-6-14/h4-7,14H2,1-3H3. The number of rotatable bonds is 5. The molecule has 0 radical (unpaired) electrons. The highest BCUT2D eigenvalue weighted by molar-refractivity contribution is 7.99. The maximum atomic E-state index is 5.52. The Kier molecular flexibility index (Phi) is 4.59. The summed E-state index contributed by atoms with van der Waals surface area (Å²) in [6.45, 7) is 7.06. The smallest absolute Gasteiger partial charge is 0.128 e. The molecule has 2 rings (SSSR count). The van der Waals surface area contributed by atoms with Gasteiger partial charge in [0.2, 0.25) is 0 Å². The van der Waals surface area contributed by atoms with Crippen molar-refractivity contribution in [2.75, 3.05) is 12.3 Å². The highest BCUT2D eigenvalue weighted by Crippen LogP contribution is 2.35.